The van der Waals surface area contributed by atoms with Crippen molar-refractivity contribution in [3.05, 3.63) is 23.8 Å². The Bertz CT molecular complexity index is 450. The molecule has 3 N–H and O–H groups in total. The summed E-state index contributed by atoms with van der Waals surface area (Å²) in [5, 5.41) is 28.2. The highest BCUT2D eigenvalue weighted by atomic mass is 16.5. The van der Waals surface area contributed by atoms with Gasteiger partial charge in [0.25, 0.3) is 0 Å². The Morgan fingerprint density at radius 3 is 2.53 bits per heavy atom. The van der Waals surface area contributed by atoms with Gasteiger partial charge in [-0.25, -0.2) is 4.79 Å². The van der Waals surface area contributed by atoms with E-state index in [0.717, 1.165) is 0 Å². The van der Waals surface area contributed by atoms with Gasteiger partial charge in [0.05, 0.1) is 7.11 Å². The van der Waals surface area contributed by atoms with Crippen molar-refractivity contribution >= 4 is 5.97 Å². The summed E-state index contributed by atoms with van der Waals surface area (Å²) in [7, 11) is 1.44. The minimum absolute atomic E-state index is 0.0473. The number of aromatic hydroxyl groups is 1. The number of rotatable bonds is 4. The number of hydrogen-bond donors (Lipinski definition) is 3. The van der Waals surface area contributed by atoms with Gasteiger partial charge < -0.3 is 20.1 Å². The van der Waals surface area contributed by atoms with E-state index in [1.807, 2.05) is 0 Å². The Hall–Kier alpha value is -1.75. The summed E-state index contributed by atoms with van der Waals surface area (Å²) in [4.78, 5) is 10.8. The minimum Gasteiger partial charge on any atom is -0.504 e. The second-order valence-electron chi connectivity index (χ2n) is 4.28. The van der Waals surface area contributed by atoms with E-state index in [1.54, 1.807) is 12.1 Å². The third-order valence-electron chi connectivity index (χ3n) is 3.30. The fourth-order valence-electron chi connectivity index (χ4n) is 2.09. The lowest BCUT2D eigenvalue weighted by Crippen LogP contribution is -2.33. The number of hydrogen-bond acceptors (Lipinski definition) is 4. The summed E-state index contributed by atoms with van der Waals surface area (Å²) in [6.07, 6.45) is -0.228. The van der Waals surface area contributed by atoms with Gasteiger partial charge in [-0.1, -0.05) is 6.07 Å². The second-order valence-corrected chi connectivity index (χ2v) is 4.28. The molecule has 1 unspecified atom stereocenters. The van der Waals surface area contributed by atoms with Crippen molar-refractivity contribution in [1.82, 2.24) is 0 Å². The van der Waals surface area contributed by atoms with Crippen molar-refractivity contribution in [2.24, 2.45) is 0 Å². The smallest absolute Gasteiger partial charge is 0.333 e. The maximum Gasteiger partial charge on any atom is 0.333 e. The van der Waals surface area contributed by atoms with Crippen molar-refractivity contribution in [2.45, 2.75) is 24.4 Å². The number of aliphatic carboxylic acids is 1. The molecule has 1 atom stereocenters. The fourth-order valence-corrected chi connectivity index (χ4v) is 2.09. The first-order valence-corrected chi connectivity index (χ1v) is 5.29. The van der Waals surface area contributed by atoms with Crippen molar-refractivity contribution < 1.29 is 24.9 Å². The van der Waals surface area contributed by atoms with Crippen LogP contribution in [-0.4, -0.2) is 34.5 Å². The van der Waals surface area contributed by atoms with Gasteiger partial charge in [0.1, 0.15) is 0 Å². The predicted molar refractivity (Wildman–Crippen MR) is 59.2 cm³/mol. The normalized spacial score (nSPS) is 18.5. The van der Waals surface area contributed by atoms with Crippen LogP contribution in [0.5, 0.6) is 11.5 Å². The molecule has 1 aromatic rings. The van der Waals surface area contributed by atoms with Crippen LogP contribution in [-0.2, 0) is 10.2 Å². The molecule has 1 saturated carbocycles. The zero-order chi connectivity index (χ0) is 12.6. The van der Waals surface area contributed by atoms with E-state index in [4.69, 9.17) is 9.84 Å². The highest BCUT2D eigenvalue weighted by molar-refractivity contribution is 5.75. The average Bonchev–Trinajstić information content (AvgIpc) is 3.09. The lowest BCUT2D eigenvalue weighted by molar-refractivity contribution is -0.148. The zero-order valence-corrected chi connectivity index (χ0v) is 9.38. The first-order chi connectivity index (χ1) is 8.01. The van der Waals surface area contributed by atoms with E-state index < -0.39 is 17.5 Å². The summed E-state index contributed by atoms with van der Waals surface area (Å²) in [5.41, 5.74) is -0.124. The Kier molecular flexibility index (Phi) is 2.71. The third-order valence-corrected chi connectivity index (χ3v) is 3.30. The number of carbonyl (C=O) groups is 1. The van der Waals surface area contributed by atoms with Crippen LogP contribution in [0.15, 0.2) is 18.2 Å². The van der Waals surface area contributed by atoms with E-state index in [0.29, 0.717) is 24.2 Å². The Balaban J connectivity index is 2.35. The van der Waals surface area contributed by atoms with E-state index >= 15 is 0 Å². The lowest BCUT2D eigenvalue weighted by atomic mass is 9.89. The molecule has 0 heterocycles. The number of phenolic OH excluding ortho intramolecular Hbond substituents is 1. The molecule has 0 aromatic heterocycles. The van der Waals surface area contributed by atoms with Gasteiger partial charge in [0, 0.05) is 5.41 Å². The molecule has 17 heavy (non-hydrogen) atoms. The maximum absolute atomic E-state index is 10.8. The first-order valence-electron chi connectivity index (χ1n) is 5.29. The molecule has 1 fully saturated rings. The molecule has 5 nitrogen and oxygen atoms in total. The van der Waals surface area contributed by atoms with Gasteiger partial charge in [-0.3, -0.25) is 0 Å². The number of ether oxygens (including phenoxy) is 1. The molecule has 0 bridgehead atoms. The molecule has 1 aliphatic carbocycles. The van der Waals surface area contributed by atoms with Crippen molar-refractivity contribution in [2.75, 3.05) is 7.11 Å². The molecule has 2 rings (SSSR count). The van der Waals surface area contributed by atoms with Crippen molar-refractivity contribution in [1.29, 1.82) is 0 Å². The third kappa shape index (κ3) is 1.82. The Labute approximate surface area is 98.3 Å². The maximum atomic E-state index is 10.8. The SMILES string of the molecule is COc1ccc(C2(C(O)C(=O)O)CC2)cc1O. The molecule has 0 saturated heterocycles. The molecular weight excluding hydrogens is 224 g/mol. The largest absolute Gasteiger partial charge is 0.504 e. The van der Waals surface area contributed by atoms with Gasteiger partial charge in [0.2, 0.25) is 0 Å². The van der Waals surface area contributed by atoms with E-state index in [1.165, 1.54) is 13.2 Å². The number of phenols is 1. The van der Waals surface area contributed by atoms with Crippen LogP contribution in [0.2, 0.25) is 0 Å². The minimum atomic E-state index is -1.43. The van der Waals surface area contributed by atoms with Crippen LogP contribution in [0.1, 0.15) is 18.4 Å². The number of carboxylic acids is 1. The Morgan fingerprint density at radius 2 is 2.12 bits per heavy atom. The molecule has 5 heteroatoms. The monoisotopic (exact) mass is 238 g/mol. The number of aliphatic hydroxyl groups excluding tert-OH is 1. The first kappa shape index (κ1) is 11.7. The van der Waals surface area contributed by atoms with E-state index in [-0.39, 0.29) is 5.75 Å². The molecule has 1 aromatic carbocycles. The van der Waals surface area contributed by atoms with Crippen molar-refractivity contribution in [3.63, 3.8) is 0 Å². The van der Waals surface area contributed by atoms with Gasteiger partial charge in [-0.05, 0) is 30.5 Å². The summed E-state index contributed by atoms with van der Waals surface area (Å²) in [6.45, 7) is 0. The van der Waals surface area contributed by atoms with Crippen LogP contribution in [0.4, 0.5) is 0 Å². The highest BCUT2D eigenvalue weighted by Crippen LogP contribution is 2.52. The van der Waals surface area contributed by atoms with Crippen LogP contribution in [0.25, 0.3) is 0 Å². The van der Waals surface area contributed by atoms with Crippen LogP contribution in [0, 0.1) is 0 Å². The summed E-state index contributed by atoms with van der Waals surface area (Å²) < 4.78 is 4.91. The number of methoxy groups -OCH3 is 1. The summed E-state index contributed by atoms with van der Waals surface area (Å²) in [6, 6.07) is 4.70. The molecule has 0 spiro atoms. The highest BCUT2D eigenvalue weighted by Gasteiger charge is 2.53. The van der Waals surface area contributed by atoms with Crippen LogP contribution < -0.4 is 4.74 Å². The Morgan fingerprint density at radius 1 is 1.47 bits per heavy atom. The van der Waals surface area contributed by atoms with Crippen LogP contribution in [0.3, 0.4) is 0 Å². The van der Waals surface area contributed by atoms with Crippen LogP contribution >= 0.6 is 0 Å². The molecule has 92 valence electrons. The second kappa shape index (κ2) is 3.92. The van der Waals surface area contributed by atoms with Crippen molar-refractivity contribution in [3.8, 4) is 11.5 Å². The lowest BCUT2D eigenvalue weighted by Gasteiger charge is -2.19. The fraction of sp³-hybridized carbons (Fsp3) is 0.417. The topological polar surface area (TPSA) is 87.0 Å². The number of aliphatic hydroxyl groups is 1. The summed E-state index contributed by atoms with van der Waals surface area (Å²) >= 11 is 0. The zero-order valence-electron chi connectivity index (χ0n) is 9.38. The van der Waals surface area contributed by atoms with Gasteiger partial charge in [-0.15, -0.1) is 0 Å². The standard InChI is InChI=1S/C12H14O5/c1-17-9-3-2-7(6-8(9)13)12(4-5-12)10(14)11(15)16/h2-3,6,10,13-14H,4-5H2,1H3,(H,15,16). The average molecular weight is 238 g/mol. The van der Waals surface area contributed by atoms with E-state index in [2.05, 4.69) is 0 Å². The van der Waals surface area contributed by atoms with Gasteiger partial charge in [-0.2, -0.15) is 0 Å². The molecule has 0 aliphatic heterocycles. The molecular formula is C12H14O5. The summed E-state index contributed by atoms with van der Waals surface area (Å²) in [5.74, 6) is -0.957. The van der Waals surface area contributed by atoms with Gasteiger partial charge in [0.15, 0.2) is 17.6 Å². The quantitative estimate of drug-likeness (QED) is 0.724. The number of benzene rings is 1. The van der Waals surface area contributed by atoms with Gasteiger partial charge >= 0.3 is 5.97 Å². The molecule has 0 radical (unpaired) electrons. The number of carboxylic acid groups (broad SMARTS) is 1. The molecule has 0 amide bonds. The predicted octanol–water partition coefficient (Wildman–Crippen LogP) is 0.878. The van der Waals surface area contributed by atoms with E-state index in [9.17, 15) is 15.0 Å². The molecule has 1 aliphatic rings.